The van der Waals surface area contributed by atoms with Crippen LogP contribution in [0.1, 0.15) is 135 Å². The molecule has 0 aromatic carbocycles. The van der Waals surface area contributed by atoms with E-state index in [0.717, 1.165) is 45.6 Å². The first kappa shape index (κ1) is 70.9. The van der Waals surface area contributed by atoms with Gasteiger partial charge in [0.15, 0.2) is 0 Å². The maximum atomic E-state index is 12.2. The van der Waals surface area contributed by atoms with Crippen molar-refractivity contribution in [3.8, 4) is 0 Å². The van der Waals surface area contributed by atoms with Crippen molar-refractivity contribution >= 4 is 71.4 Å². The van der Waals surface area contributed by atoms with Crippen LogP contribution in [0.5, 0.6) is 0 Å². The lowest BCUT2D eigenvalue weighted by atomic mass is 9.83. The number of carbonyl (C=O) groups excluding carboxylic acids is 2. The SMILES string of the molecule is C=C/C(C)=C/C[C@@H]1O[C@H](C)[C@H](NC(=O)/C=C\C(C)C)C[C@@H]1C.C=C[C@H]1OC(C)(C)C[C@@]2(CO2)[C@@H]1O.CC(/C=C/[C@H]1OC(C)(C)C[C@@]2(CO2)[C@@H]1O)=C\C[C@@H]1O[C@H](C)[C@H](NC(=O)/C=C\C(C)C)C[C@@H]1C.PP(P)P.PPP. The van der Waals surface area contributed by atoms with Crippen molar-refractivity contribution in [1.82, 2.24) is 10.6 Å². The lowest BCUT2D eigenvalue weighted by Gasteiger charge is -2.41. The molecule has 19 heteroatoms. The maximum absolute atomic E-state index is 12.2. The Bertz CT molecular complexity index is 1930. The minimum Gasteiger partial charge on any atom is -0.387 e. The Kier molecular flexibility index (Phi) is 31.8. The Balaban J connectivity index is 0.000000391. The van der Waals surface area contributed by atoms with E-state index in [0.29, 0.717) is 43.3 Å². The van der Waals surface area contributed by atoms with Crippen molar-refractivity contribution in [1.29, 1.82) is 0 Å². The van der Waals surface area contributed by atoms with Crippen LogP contribution in [-0.4, -0.2) is 119 Å². The summed E-state index contributed by atoms with van der Waals surface area (Å²) in [6.07, 6.45) is 22.4. The number of amides is 2. The van der Waals surface area contributed by atoms with Gasteiger partial charge in [0.2, 0.25) is 11.8 Å². The number of carbonyl (C=O) groups is 2. The molecular formula is C56H101N2O10P7. The van der Waals surface area contributed by atoms with Crippen LogP contribution in [0.15, 0.2) is 85.1 Å². The van der Waals surface area contributed by atoms with Crippen LogP contribution in [0, 0.1) is 23.7 Å². The third-order valence-corrected chi connectivity index (χ3v) is 13.9. The zero-order valence-corrected chi connectivity index (χ0v) is 55.6. The van der Waals surface area contributed by atoms with Crippen molar-refractivity contribution < 1.29 is 48.2 Å². The summed E-state index contributed by atoms with van der Waals surface area (Å²) in [7, 11) is 14.0. The predicted octanol–water partition coefficient (Wildman–Crippen LogP) is 12.1. The molecule has 6 rings (SSSR count). The number of ether oxygens (including phenoxy) is 6. The van der Waals surface area contributed by atoms with E-state index in [-0.39, 0.29) is 84.3 Å². The highest BCUT2D eigenvalue weighted by molar-refractivity contribution is 8.65. The van der Waals surface area contributed by atoms with Gasteiger partial charge in [0.05, 0.1) is 60.9 Å². The van der Waals surface area contributed by atoms with Crippen LogP contribution in [0.4, 0.5) is 0 Å². The number of hydrogen-bond acceptors (Lipinski definition) is 10. The predicted molar refractivity (Wildman–Crippen MR) is 335 cm³/mol. The Labute approximate surface area is 468 Å². The van der Waals surface area contributed by atoms with Gasteiger partial charge in [0.1, 0.15) is 35.6 Å². The lowest BCUT2D eigenvalue weighted by molar-refractivity contribution is -0.171. The molecule has 19 atom stereocenters. The second-order valence-corrected chi connectivity index (χ2v) is 39.0. The van der Waals surface area contributed by atoms with Crippen LogP contribution in [0.3, 0.4) is 0 Å². The molecule has 0 saturated carbocycles. The standard InChI is InChI=1S/C27H43NO5.C19H31NO2.C10H16O3.H6P4.H5P3/c1-17(2)8-13-24(29)28-21-14-19(4)22(32-20(21)5)11-9-18(3)10-12-23-25(30)27(16-31-27)15-26(6,7)33-23;1-7-14(4)9-10-18-15(5)12-17(16(6)22-18)20-19(21)11-8-13(2)3;1-4-7-8(11)10(6-12-10)5-9(2,3)13-7;1-4(2)3;1-3-2/h8-10,12-13,17,19-23,25,30H,11,14-16H2,1-7H3,(H,28,29);7-9,11,13,15-18H,1,10,12H2,2-6H3,(H,20,21);4,7-8,11H,1,5-6H2,2-3H3;1-3H2;3H,1-2H2/b12-10+,13-8-,18-9+;11-8-,14-9+;;;/t19-,20+,21+,22-,23+,25+,27+;15-,16+,17+,18-;7-,8-,10-;;/m001../s1. The summed E-state index contributed by atoms with van der Waals surface area (Å²) < 4.78 is 35.1. The van der Waals surface area contributed by atoms with Gasteiger partial charge >= 0.3 is 0 Å². The fourth-order valence-electron chi connectivity index (χ4n) is 9.70. The molecule has 0 bridgehead atoms. The molecule has 2 spiro atoms. The first-order valence-electron chi connectivity index (χ1n) is 26.6. The second kappa shape index (κ2) is 33.7. The third-order valence-electron chi connectivity index (χ3n) is 13.9. The highest BCUT2D eigenvalue weighted by Gasteiger charge is 2.61. The molecule has 6 heterocycles. The molecule has 5 unspecified atom stereocenters. The van der Waals surface area contributed by atoms with E-state index in [2.05, 4.69) is 129 Å². The molecule has 6 aliphatic rings. The zero-order chi connectivity index (χ0) is 57.1. The molecule has 2 amide bonds. The Morgan fingerprint density at radius 3 is 1.40 bits per heavy atom. The summed E-state index contributed by atoms with van der Waals surface area (Å²) in [5.41, 5.74) is 0.956. The van der Waals surface area contributed by atoms with Crippen LogP contribution >= 0.6 is 59.6 Å². The maximum Gasteiger partial charge on any atom is 0.243 e. The lowest BCUT2D eigenvalue weighted by Crippen LogP contribution is -2.53. The second-order valence-electron chi connectivity index (χ2n) is 23.0. The molecule has 6 aliphatic heterocycles. The fraction of sp³-hybridized carbons (Fsp3) is 0.714. The number of epoxide rings is 2. The zero-order valence-electron chi connectivity index (χ0n) is 47.9. The molecule has 0 aromatic heterocycles. The van der Waals surface area contributed by atoms with Gasteiger partial charge in [0, 0.05) is 12.8 Å². The average Bonchev–Trinajstić information content (AvgIpc) is 4.26. The van der Waals surface area contributed by atoms with Crippen LogP contribution in [0.25, 0.3) is 0 Å². The number of rotatable bonds is 14. The van der Waals surface area contributed by atoms with Gasteiger partial charge in [-0.2, -0.15) is 0 Å². The number of aliphatic hydroxyl groups is 2. The van der Waals surface area contributed by atoms with Gasteiger partial charge in [-0.1, -0.05) is 116 Å². The summed E-state index contributed by atoms with van der Waals surface area (Å²) in [6.45, 7) is 37.7. The molecule has 6 fully saturated rings. The summed E-state index contributed by atoms with van der Waals surface area (Å²) >= 11 is 0. The largest absolute Gasteiger partial charge is 0.387 e. The van der Waals surface area contributed by atoms with E-state index in [4.69, 9.17) is 28.4 Å². The molecule has 0 radical (unpaired) electrons. The molecule has 430 valence electrons. The number of nitrogens with one attached hydrogen (secondary N) is 2. The number of allylic oxidation sites excluding steroid dienone is 6. The van der Waals surface area contributed by atoms with E-state index in [1.54, 1.807) is 18.2 Å². The summed E-state index contributed by atoms with van der Waals surface area (Å²) in [6, 6.07) is 0.107. The number of hydrogen-bond donors (Lipinski definition) is 4. The Morgan fingerprint density at radius 2 is 1.05 bits per heavy atom. The van der Waals surface area contributed by atoms with E-state index in [1.807, 2.05) is 78.8 Å². The molecule has 4 N–H and O–H groups in total. The Hall–Kier alpha value is -0.190. The molecule has 0 aromatic rings. The first-order chi connectivity index (χ1) is 34.9. The van der Waals surface area contributed by atoms with Gasteiger partial charge in [0.25, 0.3) is 0 Å². The quantitative estimate of drug-likeness (QED) is 0.0433. The van der Waals surface area contributed by atoms with Gasteiger partial charge in [-0.25, -0.2) is 0 Å². The number of aliphatic hydroxyl groups excluding tert-OH is 2. The van der Waals surface area contributed by atoms with Gasteiger partial charge in [-0.3, -0.25) is 9.59 Å². The molecule has 75 heavy (non-hydrogen) atoms. The minimum absolute atomic E-state index is 0.0239. The highest BCUT2D eigenvalue weighted by Crippen LogP contribution is 2.60. The molecule has 6 saturated heterocycles. The van der Waals surface area contributed by atoms with Crippen LogP contribution in [-0.2, 0) is 38.0 Å². The van der Waals surface area contributed by atoms with Crippen molar-refractivity contribution in [2.24, 2.45) is 23.7 Å². The average molecular weight is 1180 g/mol. The van der Waals surface area contributed by atoms with Crippen molar-refractivity contribution in [2.45, 2.75) is 219 Å². The summed E-state index contributed by atoms with van der Waals surface area (Å²) in [5.74, 6) is 1.42. The van der Waals surface area contributed by atoms with Gasteiger partial charge in [-0.15, -0.1) is 51.2 Å². The van der Waals surface area contributed by atoms with E-state index < -0.39 is 17.8 Å². The summed E-state index contributed by atoms with van der Waals surface area (Å²) in [4.78, 5) is 24.1. The van der Waals surface area contributed by atoms with Crippen molar-refractivity contribution in [3.05, 3.63) is 85.1 Å². The van der Waals surface area contributed by atoms with Crippen LogP contribution in [0.2, 0.25) is 0 Å². The topological polar surface area (TPSA) is 161 Å². The van der Waals surface area contributed by atoms with Gasteiger partial charge < -0.3 is 49.3 Å². The molecule has 0 aliphatic carbocycles. The smallest absolute Gasteiger partial charge is 0.243 e. The minimum atomic E-state index is -0.639. The molecule has 12 nitrogen and oxygen atoms in total. The van der Waals surface area contributed by atoms with E-state index in [9.17, 15) is 19.8 Å². The molecular weight excluding hydrogens is 1080 g/mol. The Morgan fingerprint density at radius 1 is 0.693 bits per heavy atom. The van der Waals surface area contributed by atoms with E-state index in [1.165, 1.54) is 5.57 Å². The van der Waals surface area contributed by atoms with Crippen molar-refractivity contribution in [2.75, 3.05) is 13.2 Å². The monoisotopic (exact) mass is 1180 g/mol. The fourth-order valence-corrected chi connectivity index (χ4v) is 9.70. The normalized spacial score (nSPS) is 34.9. The first-order valence-corrected chi connectivity index (χ1v) is 37.4. The van der Waals surface area contributed by atoms with E-state index >= 15 is 0 Å². The highest BCUT2D eigenvalue weighted by atomic mass is 32.7. The van der Waals surface area contributed by atoms with Crippen molar-refractivity contribution in [3.63, 3.8) is 0 Å². The third kappa shape index (κ3) is 26.1. The summed E-state index contributed by atoms with van der Waals surface area (Å²) in [5, 5.41) is 26.7. The van der Waals surface area contributed by atoms with Gasteiger partial charge in [-0.05, 0) is 124 Å². The van der Waals surface area contributed by atoms with Crippen LogP contribution < -0.4 is 10.6 Å².